The Balaban J connectivity index is 1.91. The number of halogens is 4. The van der Waals surface area contributed by atoms with Crippen LogP contribution in [-0.4, -0.2) is 32.1 Å². The molecule has 2 heterocycles. The van der Waals surface area contributed by atoms with Crippen molar-refractivity contribution >= 4 is 17.6 Å². The molecule has 9 heteroatoms. The molecule has 0 amide bonds. The number of fused-ring (bicyclic) bond motifs is 1. The molecule has 1 aromatic carbocycles. The van der Waals surface area contributed by atoms with Crippen molar-refractivity contribution < 1.29 is 17.6 Å². The van der Waals surface area contributed by atoms with Gasteiger partial charge in [-0.3, -0.25) is 0 Å². The SMILES string of the molecule is Cc1ccc(C(N(C)Sc2ccn3ncnc3c2)C(F)(F)F)cc1F. The van der Waals surface area contributed by atoms with Crippen LogP contribution in [0.4, 0.5) is 17.6 Å². The number of hydrogen-bond acceptors (Lipinski definition) is 4. The fraction of sp³-hybridized carbons (Fsp3) is 0.250. The van der Waals surface area contributed by atoms with Gasteiger partial charge in [-0.1, -0.05) is 12.1 Å². The predicted octanol–water partition coefficient (Wildman–Crippen LogP) is 4.42. The number of hydrogen-bond donors (Lipinski definition) is 0. The summed E-state index contributed by atoms with van der Waals surface area (Å²) in [5.41, 5.74) is 0.690. The molecule has 4 nitrogen and oxygen atoms in total. The number of pyridine rings is 1. The van der Waals surface area contributed by atoms with Crippen LogP contribution in [0.2, 0.25) is 0 Å². The molecule has 0 aliphatic carbocycles. The molecule has 0 spiro atoms. The molecule has 0 aliphatic rings. The van der Waals surface area contributed by atoms with E-state index in [1.165, 1.54) is 36.9 Å². The van der Waals surface area contributed by atoms with Gasteiger partial charge in [-0.2, -0.15) is 18.3 Å². The maximum Gasteiger partial charge on any atom is 0.408 e. The number of aryl methyl sites for hydroxylation is 1. The van der Waals surface area contributed by atoms with E-state index in [0.717, 1.165) is 22.3 Å². The molecule has 0 saturated heterocycles. The second-order valence-corrected chi connectivity index (χ2v) is 6.75. The van der Waals surface area contributed by atoms with Gasteiger partial charge in [-0.15, -0.1) is 0 Å². The van der Waals surface area contributed by atoms with E-state index in [1.807, 2.05) is 0 Å². The smallest absolute Gasteiger partial charge is 0.233 e. The number of aromatic nitrogens is 3. The lowest BCUT2D eigenvalue weighted by molar-refractivity contribution is -0.170. The van der Waals surface area contributed by atoms with E-state index in [1.54, 1.807) is 18.3 Å². The molecule has 132 valence electrons. The average molecular weight is 370 g/mol. The highest BCUT2D eigenvalue weighted by molar-refractivity contribution is 7.97. The molecular formula is C16H14F4N4S. The first-order chi connectivity index (χ1) is 11.8. The first kappa shape index (κ1) is 17.7. The molecule has 3 aromatic rings. The van der Waals surface area contributed by atoms with Gasteiger partial charge >= 0.3 is 6.18 Å². The molecule has 0 fully saturated rings. The lowest BCUT2D eigenvalue weighted by atomic mass is 10.0. The molecular weight excluding hydrogens is 356 g/mol. The van der Waals surface area contributed by atoms with E-state index in [-0.39, 0.29) is 5.56 Å². The minimum absolute atomic E-state index is 0.144. The standard InChI is InChI=1S/C16H14F4N4S/c1-10-3-4-11(7-13(10)17)15(16(18,19)20)23(2)25-12-5-6-24-14(8-12)21-9-22-24/h3-9,15H,1-2H3. The fourth-order valence-electron chi connectivity index (χ4n) is 2.46. The Morgan fingerprint density at radius 3 is 2.64 bits per heavy atom. The van der Waals surface area contributed by atoms with Gasteiger partial charge in [0.1, 0.15) is 18.2 Å². The summed E-state index contributed by atoms with van der Waals surface area (Å²) in [5.74, 6) is -0.657. The van der Waals surface area contributed by atoms with Gasteiger partial charge in [0.25, 0.3) is 0 Å². The second kappa shape index (κ2) is 6.64. The summed E-state index contributed by atoms with van der Waals surface area (Å²) >= 11 is 0.911. The van der Waals surface area contributed by atoms with E-state index in [4.69, 9.17) is 0 Å². The first-order valence-corrected chi connectivity index (χ1v) is 8.06. The summed E-state index contributed by atoms with van der Waals surface area (Å²) in [7, 11) is 1.33. The zero-order chi connectivity index (χ0) is 18.2. The molecule has 0 aliphatic heterocycles. The maximum atomic E-state index is 13.7. The van der Waals surface area contributed by atoms with E-state index in [9.17, 15) is 17.6 Å². The number of nitrogens with zero attached hydrogens (tertiary/aromatic N) is 4. The zero-order valence-corrected chi connectivity index (χ0v) is 14.1. The highest BCUT2D eigenvalue weighted by atomic mass is 32.2. The normalized spacial score (nSPS) is 13.6. The Morgan fingerprint density at radius 2 is 1.96 bits per heavy atom. The van der Waals surface area contributed by atoms with Crippen LogP contribution < -0.4 is 0 Å². The van der Waals surface area contributed by atoms with Crippen molar-refractivity contribution in [3.05, 3.63) is 59.8 Å². The quantitative estimate of drug-likeness (QED) is 0.503. The molecule has 0 radical (unpaired) electrons. The fourth-order valence-corrected chi connectivity index (χ4v) is 3.42. The predicted molar refractivity (Wildman–Crippen MR) is 86.5 cm³/mol. The maximum absolute atomic E-state index is 13.7. The number of alkyl halides is 3. The van der Waals surface area contributed by atoms with Gasteiger partial charge in [0.2, 0.25) is 0 Å². The second-order valence-electron chi connectivity index (χ2n) is 5.52. The third-order valence-corrected chi connectivity index (χ3v) is 4.65. The van der Waals surface area contributed by atoms with E-state index in [0.29, 0.717) is 16.1 Å². The van der Waals surface area contributed by atoms with Crippen molar-refractivity contribution in [3.63, 3.8) is 0 Å². The van der Waals surface area contributed by atoms with Gasteiger partial charge < -0.3 is 0 Å². The van der Waals surface area contributed by atoms with E-state index >= 15 is 0 Å². The van der Waals surface area contributed by atoms with Crippen LogP contribution in [0.25, 0.3) is 5.65 Å². The lowest BCUT2D eigenvalue weighted by Gasteiger charge is -2.29. The zero-order valence-electron chi connectivity index (χ0n) is 13.3. The summed E-state index contributed by atoms with van der Waals surface area (Å²) in [6.45, 7) is 1.51. The van der Waals surface area contributed by atoms with Crippen LogP contribution in [0.3, 0.4) is 0 Å². The average Bonchev–Trinajstić information content (AvgIpc) is 2.97. The van der Waals surface area contributed by atoms with E-state index < -0.39 is 18.0 Å². The van der Waals surface area contributed by atoms with Crippen LogP contribution in [-0.2, 0) is 0 Å². The Labute approximate surface area is 145 Å². The van der Waals surface area contributed by atoms with Gasteiger partial charge in [0.05, 0.1) is 0 Å². The monoisotopic (exact) mass is 370 g/mol. The van der Waals surface area contributed by atoms with Gasteiger partial charge in [-0.25, -0.2) is 18.2 Å². The molecule has 25 heavy (non-hydrogen) atoms. The minimum Gasteiger partial charge on any atom is -0.233 e. The molecule has 3 rings (SSSR count). The van der Waals surface area contributed by atoms with Crippen molar-refractivity contribution in [2.45, 2.75) is 24.0 Å². The largest absolute Gasteiger partial charge is 0.408 e. The van der Waals surface area contributed by atoms with Crippen LogP contribution in [0.5, 0.6) is 0 Å². The third-order valence-electron chi connectivity index (χ3n) is 3.69. The lowest BCUT2D eigenvalue weighted by Crippen LogP contribution is -2.32. The van der Waals surface area contributed by atoms with Crippen molar-refractivity contribution in [3.8, 4) is 0 Å². The van der Waals surface area contributed by atoms with Gasteiger partial charge in [-0.05, 0) is 55.2 Å². The highest BCUT2D eigenvalue weighted by Crippen LogP contribution is 2.42. The summed E-state index contributed by atoms with van der Waals surface area (Å²) < 4.78 is 57.1. The van der Waals surface area contributed by atoms with Crippen LogP contribution in [0.15, 0.2) is 47.8 Å². The van der Waals surface area contributed by atoms with Crippen molar-refractivity contribution in [1.29, 1.82) is 0 Å². The summed E-state index contributed by atoms with van der Waals surface area (Å²) in [4.78, 5) is 4.58. The van der Waals surface area contributed by atoms with Crippen LogP contribution in [0, 0.1) is 12.7 Å². The summed E-state index contributed by atoms with van der Waals surface area (Å²) in [6.07, 6.45) is -1.57. The summed E-state index contributed by atoms with van der Waals surface area (Å²) in [5, 5.41) is 3.94. The molecule has 1 atom stereocenters. The Hall–Kier alpha value is -2.13. The minimum atomic E-state index is -4.55. The van der Waals surface area contributed by atoms with Crippen LogP contribution in [0.1, 0.15) is 17.2 Å². The third kappa shape index (κ3) is 3.77. The van der Waals surface area contributed by atoms with Crippen molar-refractivity contribution in [2.24, 2.45) is 0 Å². The first-order valence-electron chi connectivity index (χ1n) is 7.28. The molecule has 0 N–H and O–H groups in total. The Morgan fingerprint density at radius 1 is 1.20 bits per heavy atom. The van der Waals surface area contributed by atoms with Crippen molar-refractivity contribution in [1.82, 2.24) is 18.9 Å². The Kier molecular flexibility index (Phi) is 4.70. The van der Waals surface area contributed by atoms with Crippen LogP contribution >= 0.6 is 11.9 Å². The molecule has 2 aromatic heterocycles. The van der Waals surface area contributed by atoms with Crippen molar-refractivity contribution in [2.75, 3.05) is 7.05 Å². The van der Waals surface area contributed by atoms with Gasteiger partial charge in [0, 0.05) is 11.1 Å². The number of rotatable bonds is 4. The Bertz CT molecular complexity index is 893. The number of benzene rings is 1. The molecule has 1 unspecified atom stereocenters. The molecule has 0 bridgehead atoms. The molecule has 0 saturated carbocycles. The topological polar surface area (TPSA) is 33.4 Å². The summed E-state index contributed by atoms with van der Waals surface area (Å²) in [6, 6.07) is 4.93. The highest BCUT2D eigenvalue weighted by Gasteiger charge is 2.44. The van der Waals surface area contributed by atoms with E-state index in [2.05, 4.69) is 10.1 Å². The van der Waals surface area contributed by atoms with Gasteiger partial charge in [0.15, 0.2) is 5.65 Å².